The molecule has 3 aromatic carbocycles. The molecule has 1 aromatic heterocycles. The zero-order chi connectivity index (χ0) is 27.0. The fraction of sp³-hybridized carbons (Fsp3) is 0.200. The van der Waals surface area contributed by atoms with Gasteiger partial charge in [-0.1, -0.05) is 93.2 Å². The molecule has 0 saturated heterocycles. The maximum atomic E-state index is 12.4. The second kappa shape index (κ2) is 12.4. The molecular formula is C30H31N5O2S. The van der Waals surface area contributed by atoms with E-state index < -0.39 is 0 Å². The second-order valence-electron chi connectivity index (χ2n) is 9.54. The average Bonchev–Trinajstić information content (AvgIpc) is 3.36. The van der Waals surface area contributed by atoms with Crippen molar-refractivity contribution in [2.75, 3.05) is 12.9 Å². The van der Waals surface area contributed by atoms with Gasteiger partial charge in [0.15, 0.2) is 11.0 Å². The predicted molar refractivity (Wildman–Crippen MR) is 155 cm³/mol. The number of carbonyl (C=O) groups is 1. The number of amides is 1. The van der Waals surface area contributed by atoms with Crippen LogP contribution < -0.4 is 10.2 Å². The van der Waals surface area contributed by atoms with Crippen LogP contribution in [0.25, 0.3) is 23.2 Å². The summed E-state index contributed by atoms with van der Waals surface area (Å²) in [5.74, 6) is 1.35. The maximum absolute atomic E-state index is 12.4. The second-order valence-corrected chi connectivity index (χ2v) is 10.5. The molecule has 0 atom stereocenters. The van der Waals surface area contributed by atoms with E-state index in [0.29, 0.717) is 11.0 Å². The number of carbonyl (C=O) groups excluding carboxylic acids is 1. The van der Waals surface area contributed by atoms with Crippen molar-refractivity contribution in [2.45, 2.75) is 31.3 Å². The fourth-order valence-corrected chi connectivity index (χ4v) is 4.41. The van der Waals surface area contributed by atoms with Crippen molar-refractivity contribution in [3.63, 3.8) is 0 Å². The number of hydrazone groups is 1. The minimum absolute atomic E-state index is 0.0520. The van der Waals surface area contributed by atoms with Gasteiger partial charge in [-0.15, -0.1) is 10.2 Å². The van der Waals surface area contributed by atoms with Crippen LogP contribution in [0, 0.1) is 0 Å². The molecule has 4 aromatic rings. The monoisotopic (exact) mass is 525 g/mol. The maximum Gasteiger partial charge on any atom is 0.250 e. The van der Waals surface area contributed by atoms with Gasteiger partial charge in [0, 0.05) is 17.5 Å². The number of hydrogen-bond donors (Lipinski definition) is 1. The first-order valence-electron chi connectivity index (χ1n) is 12.2. The summed E-state index contributed by atoms with van der Waals surface area (Å²) < 4.78 is 7.27. The molecular weight excluding hydrogens is 494 g/mol. The number of thioether (sulfide) groups is 1. The van der Waals surface area contributed by atoms with E-state index in [1.807, 2.05) is 65.2 Å². The molecule has 1 N–H and O–H groups in total. The molecule has 8 heteroatoms. The van der Waals surface area contributed by atoms with Gasteiger partial charge in [0.1, 0.15) is 5.75 Å². The highest BCUT2D eigenvalue weighted by Gasteiger charge is 2.19. The molecule has 0 aliphatic heterocycles. The van der Waals surface area contributed by atoms with Gasteiger partial charge in [-0.3, -0.25) is 9.36 Å². The Morgan fingerprint density at radius 2 is 1.71 bits per heavy atom. The van der Waals surface area contributed by atoms with E-state index in [9.17, 15) is 4.79 Å². The van der Waals surface area contributed by atoms with Crippen LogP contribution in [-0.4, -0.2) is 39.7 Å². The average molecular weight is 526 g/mol. The number of nitrogens with zero attached hydrogens (tertiary/aromatic N) is 4. The number of methoxy groups -OCH3 is 1. The summed E-state index contributed by atoms with van der Waals surface area (Å²) >= 11 is 1.30. The summed E-state index contributed by atoms with van der Waals surface area (Å²) in [7, 11) is 1.63. The smallest absolute Gasteiger partial charge is 0.250 e. The van der Waals surface area contributed by atoms with Gasteiger partial charge in [-0.25, -0.2) is 5.43 Å². The Morgan fingerprint density at radius 1 is 1.00 bits per heavy atom. The van der Waals surface area contributed by atoms with Crippen LogP contribution in [0.5, 0.6) is 5.75 Å². The van der Waals surface area contributed by atoms with E-state index in [2.05, 4.69) is 65.8 Å². The molecule has 0 saturated carbocycles. The van der Waals surface area contributed by atoms with Gasteiger partial charge < -0.3 is 4.74 Å². The van der Waals surface area contributed by atoms with Crippen LogP contribution in [0.1, 0.15) is 31.9 Å². The van der Waals surface area contributed by atoms with Gasteiger partial charge in [-0.05, 0) is 46.9 Å². The highest BCUT2D eigenvalue weighted by molar-refractivity contribution is 7.99. The molecule has 194 valence electrons. The third-order valence-corrected chi connectivity index (χ3v) is 6.67. The lowest BCUT2D eigenvalue weighted by molar-refractivity contribution is -0.118. The molecule has 38 heavy (non-hydrogen) atoms. The van der Waals surface area contributed by atoms with Crippen molar-refractivity contribution < 1.29 is 9.53 Å². The zero-order valence-corrected chi connectivity index (χ0v) is 22.8. The number of benzene rings is 3. The molecule has 0 bridgehead atoms. The van der Waals surface area contributed by atoms with Gasteiger partial charge in [0.05, 0.1) is 12.9 Å². The standard InChI is InChI=1S/C30H31N5O2S/c1-30(2,3)24-14-12-23(13-15-24)28-33-34-29(35(28)25-16-18-26(37-4)19-17-25)38-21-27(36)32-31-20-8-11-22-9-6-5-7-10-22/h5-20H,21H2,1-4H3,(H,32,36). The van der Waals surface area contributed by atoms with Crippen LogP contribution in [0.3, 0.4) is 0 Å². The lowest BCUT2D eigenvalue weighted by Crippen LogP contribution is -2.19. The van der Waals surface area contributed by atoms with Crippen molar-refractivity contribution in [1.29, 1.82) is 0 Å². The van der Waals surface area contributed by atoms with Crippen LogP contribution in [0.2, 0.25) is 0 Å². The van der Waals surface area contributed by atoms with Crippen molar-refractivity contribution >= 4 is 30.0 Å². The summed E-state index contributed by atoms with van der Waals surface area (Å²) in [6.45, 7) is 6.56. The number of hydrogen-bond acceptors (Lipinski definition) is 6. The quantitative estimate of drug-likeness (QED) is 0.161. The van der Waals surface area contributed by atoms with Gasteiger partial charge in [0.2, 0.25) is 0 Å². The van der Waals surface area contributed by atoms with Crippen molar-refractivity contribution in [3.05, 3.63) is 96.1 Å². The summed E-state index contributed by atoms with van der Waals surface area (Å²) in [6.07, 6.45) is 5.24. The number of rotatable bonds is 9. The number of allylic oxidation sites excluding steroid dienone is 1. The first kappa shape index (κ1) is 26.9. The lowest BCUT2D eigenvalue weighted by atomic mass is 9.87. The first-order chi connectivity index (χ1) is 18.3. The molecule has 0 radical (unpaired) electrons. The Kier molecular flexibility index (Phi) is 8.76. The lowest BCUT2D eigenvalue weighted by Gasteiger charge is -2.19. The number of aromatic nitrogens is 3. The van der Waals surface area contributed by atoms with Crippen LogP contribution >= 0.6 is 11.8 Å². The molecule has 0 fully saturated rings. The van der Waals surface area contributed by atoms with Crippen LogP contribution in [0.4, 0.5) is 0 Å². The molecule has 7 nitrogen and oxygen atoms in total. The Balaban J connectivity index is 1.50. The van der Waals surface area contributed by atoms with E-state index in [1.54, 1.807) is 19.4 Å². The van der Waals surface area contributed by atoms with E-state index in [0.717, 1.165) is 22.6 Å². The Hall–Kier alpha value is -4.17. The van der Waals surface area contributed by atoms with Crippen LogP contribution in [0.15, 0.2) is 95.2 Å². The fourth-order valence-electron chi connectivity index (χ4n) is 3.67. The largest absolute Gasteiger partial charge is 0.497 e. The van der Waals surface area contributed by atoms with Crippen molar-refractivity contribution in [1.82, 2.24) is 20.2 Å². The van der Waals surface area contributed by atoms with Crippen molar-refractivity contribution in [3.8, 4) is 22.8 Å². The summed E-state index contributed by atoms with van der Waals surface area (Å²) in [4.78, 5) is 12.4. The predicted octanol–water partition coefficient (Wildman–Crippen LogP) is 6.15. The number of ether oxygens (including phenoxy) is 1. The molecule has 0 unspecified atom stereocenters. The van der Waals surface area contributed by atoms with E-state index in [-0.39, 0.29) is 17.1 Å². The molecule has 1 amide bonds. The Bertz CT molecular complexity index is 1400. The Morgan fingerprint density at radius 3 is 2.37 bits per heavy atom. The van der Waals surface area contributed by atoms with E-state index >= 15 is 0 Å². The normalized spacial score (nSPS) is 11.8. The zero-order valence-electron chi connectivity index (χ0n) is 22.0. The summed E-state index contributed by atoms with van der Waals surface area (Å²) in [6, 6.07) is 25.9. The first-order valence-corrected chi connectivity index (χ1v) is 13.2. The van der Waals surface area contributed by atoms with Gasteiger partial charge in [0.25, 0.3) is 5.91 Å². The topological polar surface area (TPSA) is 81.4 Å². The van der Waals surface area contributed by atoms with Crippen molar-refractivity contribution in [2.24, 2.45) is 5.10 Å². The van der Waals surface area contributed by atoms with Crippen LogP contribution in [-0.2, 0) is 10.2 Å². The summed E-state index contributed by atoms with van der Waals surface area (Å²) in [5.41, 5.74) is 6.72. The van der Waals surface area contributed by atoms with E-state index in [1.165, 1.54) is 17.3 Å². The molecule has 0 aliphatic rings. The Labute approximate surface area is 227 Å². The molecule has 4 rings (SSSR count). The SMILES string of the molecule is COc1ccc(-n2c(SCC(=O)NN=CC=Cc3ccccc3)nnc2-c2ccc(C(C)(C)C)cc2)cc1. The third kappa shape index (κ3) is 6.98. The summed E-state index contributed by atoms with van der Waals surface area (Å²) in [5, 5.41) is 13.5. The molecule has 1 heterocycles. The molecule has 0 aliphatic carbocycles. The molecule has 0 spiro atoms. The highest BCUT2D eigenvalue weighted by Crippen LogP contribution is 2.30. The third-order valence-electron chi connectivity index (χ3n) is 5.74. The van der Waals surface area contributed by atoms with E-state index in [4.69, 9.17) is 4.74 Å². The minimum Gasteiger partial charge on any atom is -0.497 e. The minimum atomic E-state index is -0.236. The van der Waals surface area contributed by atoms with Gasteiger partial charge >= 0.3 is 0 Å². The number of nitrogens with one attached hydrogen (secondary N) is 1. The highest BCUT2D eigenvalue weighted by atomic mass is 32.2. The van der Waals surface area contributed by atoms with Gasteiger partial charge in [-0.2, -0.15) is 5.10 Å².